The maximum Gasteiger partial charge on any atom is 0.221 e. The fourth-order valence-electron chi connectivity index (χ4n) is 1.94. The van der Waals surface area contributed by atoms with Gasteiger partial charge >= 0.3 is 0 Å². The van der Waals surface area contributed by atoms with E-state index < -0.39 is 9.84 Å². The second-order valence-corrected chi connectivity index (χ2v) is 7.01. The van der Waals surface area contributed by atoms with E-state index >= 15 is 0 Å². The van der Waals surface area contributed by atoms with E-state index in [2.05, 4.69) is 10.6 Å². The van der Waals surface area contributed by atoms with E-state index in [1.165, 1.54) is 0 Å². The van der Waals surface area contributed by atoms with Crippen LogP contribution >= 0.6 is 0 Å². The highest BCUT2D eigenvalue weighted by Gasteiger charge is 2.25. The monoisotopic (exact) mass is 292 g/mol. The van der Waals surface area contributed by atoms with Crippen molar-refractivity contribution in [3.8, 4) is 0 Å². The van der Waals surface area contributed by atoms with Crippen LogP contribution in [0.5, 0.6) is 0 Å². The van der Waals surface area contributed by atoms with Crippen molar-refractivity contribution < 1.29 is 17.9 Å². The van der Waals surface area contributed by atoms with Crippen molar-refractivity contribution >= 4 is 15.7 Å². The van der Waals surface area contributed by atoms with Crippen LogP contribution < -0.4 is 10.6 Å². The molecule has 6 nitrogen and oxygen atoms in total. The topological polar surface area (TPSA) is 84.5 Å². The van der Waals surface area contributed by atoms with Crippen LogP contribution in [0.2, 0.25) is 0 Å². The fourth-order valence-corrected chi connectivity index (χ4v) is 3.39. The number of rotatable bonds is 8. The first-order chi connectivity index (χ1) is 9.03. The van der Waals surface area contributed by atoms with Crippen LogP contribution in [-0.2, 0) is 19.4 Å². The Kier molecular flexibility index (Phi) is 7.33. The van der Waals surface area contributed by atoms with Gasteiger partial charge < -0.3 is 15.4 Å². The van der Waals surface area contributed by atoms with Crippen molar-refractivity contribution in [3.05, 3.63) is 0 Å². The Labute approximate surface area is 115 Å². The molecule has 0 aromatic carbocycles. The molecule has 1 unspecified atom stereocenters. The van der Waals surface area contributed by atoms with E-state index in [-0.39, 0.29) is 29.9 Å². The molecule has 1 rings (SSSR count). The van der Waals surface area contributed by atoms with Gasteiger partial charge in [-0.25, -0.2) is 8.42 Å². The highest BCUT2D eigenvalue weighted by atomic mass is 32.2. The quantitative estimate of drug-likeness (QED) is 0.600. The molecular weight excluding hydrogens is 268 g/mol. The van der Waals surface area contributed by atoms with Gasteiger partial charge in [-0.2, -0.15) is 0 Å². The summed E-state index contributed by atoms with van der Waals surface area (Å²) in [6.07, 6.45) is 1.99. The minimum atomic E-state index is -2.98. The summed E-state index contributed by atoms with van der Waals surface area (Å²) in [7, 11) is -2.98. The van der Waals surface area contributed by atoms with Crippen molar-refractivity contribution in [1.29, 1.82) is 0 Å². The lowest BCUT2D eigenvalue weighted by Gasteiger charge is -2.23. The lowest BCUT2D eigenvalue weighted by molar-refractivity contribution is -0.121. The summed E-state index contributed by atoms with van der Waals surface area (Å²) in [5.74, 6) is 0.116. The van der Waals surface area contributed by atoms with Crippen molar-refractivity contribution in [1.82, 2.24) is 10.6 Å². The summed E-state index contributed by atoms with van der Waals surface area (Å²) in [6.45, 7) is 4.45. The van der Waals surface area contributed by atoms with Crippen LogP contribution in [0.25, 0.3) is 0 Å². The van der Waals surface area contributed by atoms with E-state index in [1.54, 1.807) is 0 Å². The zero-order chi connectivity index (χ0) is 14.1. The van der Waals surface area contributed by atoms with Gasteiger partial charge in [0.15, 0.2) is 9.84 Å². The molecule has 1 atom stereocenters. The SMILES string of the molecule is CCCOCCCNC(=O)CC1CS(=O)(=O)CCN1. The smallest absolute Gasteiger partial charge is 0.221 e. The van der Waals surface area contributed by atoms with Crippen LogP contribution in [-0.4, -0.2) is 58.2 Å². The van der Waals surface area contributed by atoms with Crippen molar-refractivity contribution in [2.75, 3.05) is 37.8 Å². The predicted octanol–water partition coefficient (Wildman–Crippen LogP) is -0.304. The summed E-state index contributed by atoms with van der Waals surface area (Å²) in [5.41, 5.74) is 0. The van der Waals surface area contributed by atoms with Crippen LogP contribution in [0, 0.1) is 0 Å². The van der Waals surface area contributed by atoms with Gasteiger partial charge in [0.25, 0.3) is 0 Å². The molecule has 0 aliphatic carbocycles. The predicted molar refractivity (Wildman–Crippen MR) is 73.8 cm³/mol. The number of sulfone groups is 1. The van der Waals surface area contributed by atoms with Crippen LogP contribution in [0.3, 0.4) is 0 Å². The molecule has 1 aliphatic heterocycles. The van der Waals surface area contributed by atoms with Crippen LogP contribution in [0.15, 0.2) is 0 Å². The molecule has 0 aromatic heterocycles. The standard InChI is InChI=1S/C12H24N2O4S/c1-2-6-18-7-3-4-14-12(15)9-11-10-19(16,17)8-5-13-11/h11,13H,2-10H2,1H3,(H,14,15). The van der Waals surface area contributed by atoms with Crippen LogP contribution in [0.1, 0.15) is 26.2 Å². The first kappa shape index (κ1) is 16.4. The molecule has 0 bridgehead atoms. The molecule has 0 aromatic rings. The van der Waals surface area contributed by atoms with E-state index in [0.29, 0.717) is 19.7 Å². The zero-order valence-corrected chi connectivity index (χ0v) is 12.3. The molecule has 19 heavy (non-hydrogen) atoms. The Balaban J connectivity index is 2.10. The Morgan fingerprint density at radius 2 is 2.21 bits per heavy atom. The van der Waals surface area contributed by atoms with E-state index in [0.717, 1.165) is 19.4 Å². The third kappa shape index (κ3) is 7.49. The maximum atomic E-state index is 11.6. The highest BCUT2D eigenvalue weighted by Crippen LogP contribution is 2.04. The summed E-state index contributed by atoms with van der Waals surface area (Å²) >= 11 is 0. The van der Waals surface area contributed by atoms with Crippen molar-refractivity contribution in [2.24, 2.45) is 0 Å². The number of ether oxygens (including phenoxy) is 1. The first-order valence-corrected chi connectivity index (χ1v) is 8.64. The van der Waals surface area contributed by atoms with Gasteiger partial charge in [-0.1, -0.05) is 6.92 Å². The summed E-state index contributed by atoms with van der Waals surface area (Å²) in [6, 6.07) is -0.255. The number of hydrogen-bond acceptors (Lipinski definition) is 5. The van der Waals surface area contributed by atoms with Gasteiger partial charge in [0, 0.05) is 38.8 Å². The van der Waals surface area contributed by atoms with Gasteiger partial charge in [-0.05, 0) is 12.8 Å². The largest absolute Gasteiger partial charge is 0.381 e. The molecule has 2 N–H and O–H groups in total. The Hall–Kier alpha value is -0.660. The molecule has 0 spiro atoms. The molecule has 7 heteroatoms. The molecule has 1 heterocycles. The highest BCUT2D eigenvalue weighted by molar-refractivity contribution is 7.91. The van der Waals surface area contributed by atoms with E-state index in [1.807, 2.05) is 6.92 Å². The van der Waals surface area contributed by atoms with Crippen LogP contribution in [0.4, 0.5) is 0 Å². The lowest BCUT2D eigenvalue weighted by Crippen LogP contribution is -2.47. The molecular formula is C12H24N2O4S. The summed E-state index contributed by atoms with van der Waals surface area (Å²) < 4.78 is 28.1. The van der Waals surface area contributed by atoms with Gasteiger partial charge in [-0.15, -0.1) is 0 Å². The minimum absolute atomic E-state index is 0.0556. The van der Waals surface area contributed by atoms with Gasteiger partial charge in [0.2, 0.25) is 5.91 Å². The second-order valence-electron chi connectivity index (χ2n) is 4.79. The number of hydrogen-bond donors (Lipinski definition) is 2. The molecule has 1 saturated heterocycles. The van der Waals surface area contributed by atoms with Crippen molar-refractivity contribution in [2.45, 2.75) is 32.2 Å². The molecule has 0 radical (unpaired) electrons. The van der Waals surface area contributed by atoms with Gasteiger partial charge in [-0.3, -0.25) is 4.79 Å². The average molecular weight is 292 g/mol. The first-order valence-electron chi connectivity index (χ1n) is 6.82. The number of carbonyl (C=O) groups excluding carboxylic acids is 1. The number of amides is 1. The Bertz CT molecular complexity index is 370. The third-order valence-corrected chi connectivity index (χ3v) is 4.61. The van der Waals surface area contributed by atoms with Gasteiger partial charge in [0.1, 0.15) is 0 Å². The summed E-state index contributed by atoms with van der Waals surface area (Å²) in [5, 5.41) is 5.84. The normalized spacial score (nSPS) is 22.1. The Morgan fingerprint density at radius 3 is 2.89 bits per heavy atom. The lowest BCUT2D eigenvalue weighted by atomic mass is 10.2. The summed E-state index contributed by atoms with van der Waals surface area (Å²) in [4.78, 5) is 11.6. The maximum absolute atomic E-state index is 11.6. The molecule has 1 fully saturated rings. The second kappa shape index (κ2) is 8.50. The zero-order valence-electron chi connectivity index (χ0n) is 11.5. The molecule has 1 aliphatic rings. The number of nitrogens with one attached hydrogen (secondary N) is 2. The molecule has 112 valence electrons. The third-order valence-electron chi connectivity index (χ3n) is 2.87. The molecule has 1 amide bonds. The Morgan fingerprint density at radius 1 is 1.42 bits per heavy atom. The molecule has 0 saturated carbocycles. The average Bonchev–Trinajstić information content (AvgIpc) is 2.32. The minimum Gasteiger partial charge on any atom is -0.381 e. The fraction of sp³-hybridized carbons (Fsp3) is 0.917. The van der Waals surface area contributed by atoms with E-state index in [4.69, 9.17) is 4.74 Å². The van der Waals surface area contributed by atoms with E-state index in [9.17, 15) is 13.2 Å². The van der Waals surface area contributed by atoms with Gasteiger partial charge in [0.05, 0.1) is 11.5 Å². The number of carbonyl (C=O) groups is 1. The van der Waals surface area contributed by atoms with Crippen molar-refractivity contribution in [3.63, 3.8) is 0 Å².